The normalized spacial score (nSPS) is 10.1. The van der Waals surface area contributed by atoms with Crippen molar-refractivity contribution < 1.29 is 9.47 Å². The molecule has 0 aromatic heterocycles. The molecular formula is C14H21NO2S. The lowest BCUT2D eigenvalue weighted by Gasteiger charge is -2.08. The molecule has 0 amide bonds. The van der Waals surface area contributed by atoms with E-state index in [1.165, 1.54) is 0 Å². The second kappa shape index (κ2) is 8.75. The maximum absolute atomic E-state index is 5.61. The Bertz CT molecular complexity index is 351. The molecule has 0 atom stereocenters. The Balaban J connectivity index is 2.20. The Hall–Kier alpha value is -1.29. The second-order valence-corrected chi connectivity index (χ2v) is 4.62. The largest absolute Gasteiger partial charge is 0.494 e. The Kier molecular flexibility index (Phi) is 7.18. The van der Waals surface area contributed by atoms with Crippen LogP contribution in [0, 0.1) is 0 Å². The van der Waals surface area contributed by atoms with Gasteiger partial charge >= 0.3 is 0 Å². The molecule has 100 valence electrons. The minimum absolute atomic E-state index is 0.576. The zero-order chi connectivity index (χ0) is 13.2. The van der Waals surface area contributed by atoms with Gasteiger partial charge in [0.15, 0.2) is 0 Å². The molecule has 0 bridgehead atoms. The molecule has 1 aromatic rings. The van der Waals surface area contributed by atoms with Gasteiger partial charge in [-0.1, -0.05) is 19.1 Å². The first-order chi connectivity index (χ1) is 8.72. The number of ether oxygens (including phenoxy) is 2. The van der Waals surface area contributed by atoms with Gasteiger partial charge in [-0.05, 0) is 49.9 Å². The van der Waals surface area contributed by atoms with E-state index in [4.69, 9.17) is 27.4 Å². The number of thiocarbonyl (C=S) groups is 1. The number of rotatable bonds is 9. The number of unbranched alkanes of at least 4 members (excludes halogenated alkanes) is 1. The third-order valence-corrected chi connectivity index (χ3v) is 2.59. The van der Waals surface area contributed by atoms with E-state index in [9.17, 15) is 0 Å². The zero-order valence-electron chi connectivity index (χ0n) is 10.9. The molecule has 18 heavy (non-hydrogen) atoms. The average Bonchev–Trinajstić information content (AvgIpc) is 2.37. The third kappa shape index (κ3) is 6.45. The summed E-state index contributed by atoms with van der Waals surface area (Å²) in [4.78, 5) is 0.576. The second-order valence-electron chi connectivity index (χ2n) is 4.09. The van der Waals surface area contributed by atoms with Crippen LogP contribution in [0.3, 0.4) is 0 Å². The molecule has 0 aliphatic rings. The summed E-state index contributed by atoms with van der Waals surface area (Å²) in [5.41, 5.74) is 5.42. The zero-order valence-corrected chi connectivity index (χ0v) is 11.7. The van der Waals surface area contributed by atoms with Crippen LogP contribution in [0.1, 0.15) is 32.6 Å². The van der Waals surface area contributed by atoms with Gasteiger partial charge in [0.25, 0.3) is 0 Å². The Morgan fingerprint density at radius 3 is 2.11 bits per heavy atom. The fourth-order valence-electron chi connectivity index (χ4n) is 1.44. The van der Waals surface area contributed by atoms with Crippen LogP contribution in [0.2, 0.25) is 0 Å². The number of benzene rings is 1. The van der Waals surface area contributed by atoms with Crippen LogP contribution in [0.25, 0.3) is 0 Å². The first-order valence-corrected chi connectivity index (χ1v) is 6.77. The van der Waals surface area contributed by atoms with Crippen LogP contribution in [0.4, 0.5) is 0 Å². The van der Waals surface area contributed by atoms with Crippen LogP contribution in [-0.2, 0) is 0 Å². The van der Waals surface area contributed by atoms with Crippen molar-refractivity contribution >= 4 is 17.2 Å². The van der Waals surface area contributed by atoms with Crippen molar-refractivity contribution in [2.24, 2.45) is 5.73 Å². The van der Waals surface area contributed by atoms with Gasteiger partial charge < -0.3 is 15.2 Å². The van der Waals surface area contributed by atoms with Gasteiger partial charge in [-0.15, -0.1) is 0 Å². The fourth-order valence-corrected chi connectivity index (χ4v) is 1.59. The van der Waals surface area contributed by atoms with Crippen LogP contribution in [0.5, 0.6) is 11.5 Å². The van der Waals surface area contributed by atoms with Crippen molar-refractivity contribution in [2.75, 3.05) is 13.2 Å². The average molecular weight is 267 g/mol. The van der Waals surface area contributed by atoms with E-state index >= 15 is 0 Å². The van der Waals surface area contributed by atoms with Crippen LogP contribution >= 0.6 is 12.2 Å². The first-order valence-electron chi connectivity index (χ1n) is 6.36. The molecule has 1 rings (SSSR count). The summed E-state index contributed by atoms with van der Waals surface area (Å²) in [5, 5.41) is 0. The van der Waals surface area contributed by atoms with E-state index in [1.807, 2.05) is 24.3 Å². The predicted molar refractivity (Wildman–Crippen MR) is 78.4 cm³/mol. The Morgan fingerprint density at radius 1 is 1.06 bits per heavy atom. The van der Waals surface area contributed by atoms with Crippen molar-refractivity contribution in [2.45, 2.75) is 32.6 Å². The molecule has 0 saturated carbocycles. The third-order valence-electron chi connectivity index (χ3n) is 2.38. The summed E-state index contributed by atoms with van der Waals surface area (Å²) >= 11 is 4.81. The van der Waals surface area contributed by atoms with Gasteiger partial charge in [0.05, 0.1) is 18.2 Å². The molecule has 0 unspecified atom stereocenters. The minimum Gasteiger partial charge on any atom is -0.494 e. The highest BCUT2D eigenvalue weighted by atomic mass is 32.1. The Labute approximate surface area is 114 Å². The Morgan fingerprint density at radius 2 is 1.61 bits per heavy atom. The van der Waals surface area contributed by atoms with Gasteiger partial charge in [-0.3, -0.25) is 0 Å². The molecule has 0 saturated heterocycles. The van der Waals surface area contributed by atoms with Crippen molar-refractivity contribution in [3.05, 3.63) is 24.3 Å². The molecule has 2 N–H and O–H groups in total. The summed E-state index contributed by atoms with van der Waals surface area (Å²) < 4.78 is 11.1. The van der Waals surface area contributed by atoms with Crippen molar-refractivity contribution in [1.82, 2.24) is 0 Å². The highest BCUT2D eigenvalue weighted by molar-refractivity contribution is 7.80. The summed E-state index contributed by atoms with van der Waals surface area (Å²) in [5.74, 6) is 1.76. The van der Waals surface area contributed by atoms with Gasteiger partial charge in [-0.2, -0.15) is 0 Å². The predicted octanol–water partition coefficient (Wildman–Crippen LogP) is 3.31. The lowest BCUT2D eigenvalue weighted by molar-refractivity contribution is 0.303. The SMILES string of the molecule is CCCOc1ccc(OCCCCC(N)=S)cc1. The van der Waals surface area contributed by atoms with E-state index in [2.05, 4.69) is 6.92 Å². The van der Waals surface area contributed by atoms with E-state index in [0.29, 0.717) is 11.6 Å². The maximum Gasteiger partial charge on any atom is 0.119 e. The number of hydrogen-bond donors (Lipinski definition) is 1. The summed E-state index contributed by atoms with van der Waals surface area (Å²) in [6.07, 6.45) is 3.75. The number of nitrogens with two attached hydrogens (primary N) is 1. The van der Waals surface area contributed by atoms with Crippen LogP contribution < -0.4 is 15.2 Å². The van der Waals surface area contributed by atoms with Gasteiger partial charge in [0, 0.05) is 0 Å². The van der Waals surface area contributed by atoms with Crippen LogP contribution in [0.15, 0.2) is 24.3 Å². The van der Waals surface area contributed by atoms with E-state index < -0.39 is 0 Å². The molecule has 0 aliphatic heterocycles. The van der Waals surface area contributed by atoms with Crippen molar-refractivity contribution in [3.8, 4) is 11.5 Å². The standard InChI is InChI=1S/C14H21NO2S/c1-2-10-16-12-6-8-13(9-7-12)17-11-4-3-5-14(15)18/h6-9H,2-5,10-11H2,1H3,(H2,15,18). The van der Waals surface area contributed by atoms with Gasteiger partial charge in [0.2, 0.25) is 0 Å². The van der Waals surface area contributed by atoms with E-state index in [0.717, 1.165) is 43.8 Å². The van der Waals surface area contributed by atoms with E-state index in [1.54, 1.807) is 0 Å². The molecule has 0 spiro atoms. The van der Waals surface area contributed by atoms with Gasteiger partial charge in [-0.25, -0.2) is 0 Å². The molecule has 0 heterocycles. The molecular weight excluding hydrogens is 246 g/mol. The molecule has 1 aromatic carbocycles. The molecule has 0 fully saturated rings. The smallest absolute Gasteiger partial charge is 0.119 e. The fraction of sp³-hybridized carbons (Fsp3) is 0.500. The van der Waals surface area contributed by atoms with Crippen LogP contribution in [-0.4, -0.2) is 18.2 Å². The molecule has 4 heteroatoms. The minimum atomic E-state index is 0.576. The van der Waals surface area contributed by atoms with E-state index in [-0.39, 0.29) is 0 Å². The van der Waals surface area contributed by atoms with Crippen molar-refractivity contribution in [1.29, 1.82) is 0 Å². The highest BCUT2D eigenvalue weighted by Gasteiger charge is 1.97. The van der Waals surface area contributed by atoms with Gasteiger partial charge in [0.1, 0.15) is 11.5 Å². The summed E-state index contributed by atoms with van der Waals surface area (Å²) in [6.45, 7) is 3.53. The van der Waals surface area contributed by atoms with Crippen molar-refractivity contribution in [3.63, 3.8) is 0 Å². The summed E-state index contributed by atoms with van der Waals surface area (Å²) in [6, 6.07) is 7.72. The monoisotopic (exact) mass is 267 g/mol. The molecule has 3 nitrogen and oxygen atoms in total. The maximum atomic E-state index is 5.61. The highest BCUT2D eigenvalue weighted by Crippen LogP contribution is 2.18. The lowest BCUT2D eigenvalue weighted by Crippen LogP contribution is -2.07. The topological polar surface area (TPSA) is 44.5 Å². The molecule has 0 radical (unpaired) electrons. The number of hydrogen-bond acceptors (Lipinski definition) is 3. The summed E-state index contributed by atoms with van der Waals surface area (Å²) in [7, 11) is 0. The quantitative estimate of drug-likeness (QED) is 0.550. The molecule has 0 aliphatic carbocycles. The lowest BCUT2D eigenvalue weighted by atomic mass is 10.2. The first kappa shape index (κ1) is 14.8.